The third-order valence-electron chi connectivity index (χ3n) is 3.25. The maximum absolute atomic E-state index is 10.9. The molecule has 2 aromatic rings. The number of nitrogens with zero attached hydrogens (tertiary/aromatic N) is 3. The minimum atomic E-state index is 0.582. The smallest absolute Gasteiger partial charge is 0.191 e. The predicted molar refractivity (Wildman–Crippen MR) is 87.7 cm³/mol. The van der Waals surface area contributed by atoms with Crippen LogP contribution in [0.4, 0.5) is 0 Å². The van der Waals surface area contributed by atoms with Crippen LogP contribution in [0, 0.1) is 0 Å². The van der Waals surface area contributed by atoms with Gasteiger partial charge < -0.3 is 9.30 Å². The summed E-state index contributed by atoms with van der Waals surface area (Å²) in [6.07, 6.45) is 2.60. The van der Waals surface area contributed by atoms with Gasteiger partial charge in [-0.1, -0.05) is 30.8 Å². The van der Waals surface area contributed by atoms with E-state index in [9.17, 15) is 4.79 Å². The Kier molecular flexibility index (Phi) is 6.45. The number of aryl methyl sites for hydroxylation is 1. The number of aromatic nitrogens is 3. The summed E-state index contributed by atoms with van der Waals surface area (Å²) in [6, 6.07) is 7.27. The highest BCUT2D eigenvalue weighted by molar-refractivity contribution is 7.99. The Morgan fingerprint density at radius 1 is 1.27 bits per heavy atom. The molecule has 6 heteroatoms. The van der Waals surface area contributed by atoms with Crippen molar-refractivity contribution in [3.05, 3.63) is 35.7 Å². The molecule has 0 aliphatic rings. The van der Waals surface area contributed by atoms with Crippen LogP contribution >= 0.6 is 11.8 Å². The van der Waals surface area contributed by atoms with Gasteiger partial charge in [-0.25, -0.2) is 0 Å². The molecule has 5 nitrogen and oxygen atoms in total. The topological polar surface area (TPSA) is 57.0 Å². The number of hydrogen-bond acceptors (Lipinski definition) is 5. The van der Waals surface area contributed by atoms with E-state index in [2.05, 4.69) is 28.6 Å². The van der Waals surface area contributed by atoms with Crippen molar-refractivity contribution in [1.29, 1.82) is 0 Å². The van der Waals surface area contributed by atoms with E-state index in [1.54, 1.807) is 17.8 Å². The molecule has 0 amide bonds. The molecule has 0 spiro atoms. The number of ether oxygens (including phenoxy) is 1. The van der Waals surface area contributed by atoms with E-state index < -0.39 is 0 Å². The molecule has 0 N–H and O–H groups in total. The van der Waals surface area contributed by atoms with E-state index in [0.29, 0.717) is 17.9 Å². The SMILES string of the molecule is CCc1nnc(SCCCOc2ccccc2C=O)n1CC. The lowest BCUT2D eigenvalue weighted by molar-refractivity contribution is 0.111. The Balaban J connectivity index is 1.78. The first-order chi connectivity index (χ1) is 10.8. The van der Waals surface area contributed by atoms with E-state index in [1.807, 2.05) is 18.2 Å². The molecule has 1 heterocycles. The van der Waals surface area contributed by atoms with Crippen LogP contribution in [0.3, 0.4) is 0 Å². The van der Waals surface area contributed by atoms with Crippen LogP contribution in [-0.4, -0.2) is 33.4 Å². The monoisotopic (exact) mass is 319 g/mol. The van der Waals surface area contributed by atoms with Gasteiger partial charge in [0.2, 0.25) is 0 Å². The lowest BCUT2D eigenvalue weighted by Crippen LogP contribution is -2.04. The second-order valence-corrected chi connectivity index (χ2v) is 5.76. The molecule has 0 fully saturated rings. The zero-order valence-corrected chi connectivity index (χ0v) is 13.8. The third-order valence-corrected chi connectivity index (χ3v) is 4.30. The molecule has 0 aliphatic heterocycles. The van der Waals surface area contributed by atoms with Crippen LogP contribution in [-0.2, 0) is 13.0 Å². The standard InChI is InChI=1S/C16H21N3O2S/c1-3-15-17-18-16(19(15)4-2)22-11-7-10-21-14-9-6-5-8-13(14)12-20/h5-6,8-9,12H,3-4,7,10-11H2,1-2H3. The Hall–Kier alpha value is -1.82. The second kappa shape index (κ2) is 8.58. The molecule has 2 rings (SSSR count). The minimum Gasteiger partial charge on any atom is -0.493 e. The minimum absolute atomic E-state index is 0.582. The normalized spacial score (nSPS) is 10.6. The summed E-state index contributed by atoms with van der Waals surface area (Å²) in [5, 5.41) is 9.39. The molecule has 22 heavy (non-hydrogen) atoms. The number of benzene rings is 1. The average Bonchev–Trinajstić information content (AvgIpc) is 2.96. The largest absolute Gasteiger partial charge is 0.493 e. The number of hydrogen-bond donors (Lipinski definition) is 0. The average molecular weight is 319 g/mol. The summed E-state index contributed by atoms with van der Waals surface area (Å²) in [5.41, 5.74) is 0.591. The Labute approximate surface area is 135 Å². The highest BCUT2D eigenvalue weighted by Crippen LogP contribution is 2.19. The number of thioether (sulfide) groups is 1. The molecule has 0 bridgehead atoms. The Morgan fingerprint density at radius 2 is 2.09 bits per heavy atom. The van der Waals surface area contributed by atoms with Gasteiger partial charge in [0, 0.05) is 18.7 Å². The first kappa shape index (κ1) is 16.5. The lowest BCUT2D eigenvalue weighted by Gasteiger charge is -2.08. The summed E-state index contributed by atoms with van der Waals surface area (Å²) in [6.45, 7) is 5.66. The van der Waals surface area contributed by atoms with E-state index in [0.717, 1.165) is 42.4 Å². The van der Waals surface area contributed by atoms with Crippen molar-refractivity contribution < 1.29 is 9.53 Å². The van der Waals surface area contributed by atoms with Crippen LogP contribution in [0.1, 0.15) is 36.5 Å². The van der Waals surface area contributed by atoms with Gasteiger partial charge in [-0.2, -0.15) is 0 Å². The molecule has 1 aromatic carbocycles. The predicted octanol–water partition coefficient (Wildman–Crippen LogP) is 3.23. The molecule has 0 saturated heterocycles. The Morgan fingerprint density at radius 3 is 2.82 bits per heavy atom. The van der Waals surface area contributed by atoms with Crippen molar-refractivity contribution in [3.8, 4) is 5.75 Å². The first-order valence-corrected chi connectivity index (χ1v) is 8.50. The van der Waals surface area contributed by atoms with Gasteiger partial charge >= 0.3 is 0 Å². The van der Waals surface area contributed by atoms with Crippen LogP contribution < -0.4 is 4.74 Å². The summed E-state index contributed by atoms with van der Waals surface area (Å²) < 4.78 is 7.81. The van der Waals surface area contributed by atoms with Crippen LogP contribution in [0.15, 0.2) is 29.4 Å². The first-order valence-electron chi connectivity index (χ1n) is 7.52. The lowest BCUT2D eigenvalue weighted by atomic mass is 10.2. The fraction of sp³-hybridized carbons (Fsp3) is 0.438. The van der Waals surface area contributed by atoms with Crippen LogP contribution in [0.25, 0.3) is 0 Å². The Bertz CT molecular complexity index is 613. The molecule has 118 valence electrons. The number of carbonyl (C=O) groups excluding carboxylic acids is 1. The fourth-order valence-corrected chi connectivity index (χ4v) is 3.05. The highest BCUT2D eigenvalue weighted by atomic mass is 32.2. The summed E-state index contributed by atoms with van der Waals surface area (Å²) >= 11 is 1.69. The zero-order valence-electron chi connectivity index (χ0n) is 13.0. The van der Waals surface area contributed by atoms with Gasteiger partial charge in [0.15, 0.2) is 11.4 Å². The van der Waals surface area contributed by atoms with Crippen LogP contribution in [0.5, 0.6) is 5.75 Å². The number of aldehydes is 1. The van der Waals surface area contributed by atoms with Gasteiger partial charge in [-0.3, -0.25) is 4.79 Å². The molecule has 0 atom stereocenters. The van der Waals surface area contributed by atoms with Crippen LogP contribution in [0.2, 0.25) is 0 Å². The van der Waals surface area contributed by atoms with Gasteiger partial charge in [0.25, 0.3) is 0 Å². The molecule has 0 saturated carbocycles. The van der Waals surface area contributed by atoms with E-state index in [-0.39, 0.29) is 0 Å². The van der Waals surface area contributed by atoms with E-state index in [1.165, 1.54) is 0 Å². The molecular formula is C16H21N3O2S. The maximum Gasteiger partial charge on any atom is 0.191 e. The number of carbonyl (C=O) groups is 1. The van der Waals surface area contributed by atoms with E-state index in [4.69, 9.17) is 4.74 Å². The number of rotatable bonds is 9. The molecule has 0 aliphatic carbocycles. The van der Waals surface area contributed by atoms with E-state index >= 15 is 0 Å². The van der Waals surface area contributed by atoms with Crippen molar-refractivity contribution in [2.75, 3.05) is 12.4 Å². The summed E-state index contributed by atoms with van der Waals surface area (Å²) in [4.78, 5) is 10.9. The number of para-hydroxylation sites is 1. The van der Waals surface area contributed by atoms with Crippen molar-refractivity contribution in [2.45, 2.75) is 38.4 Å². The molecule has 0 radical (unpaired) electrons. The maximum atomic E-state index is 10.9. The van der Waals surface area contributed by atoms with Gasteiger partial charge in [0.1, 0.15) is 11.6 Å². The summed E-state index contributed by atoms with van der Waals surface area (Å²) in [7, 11) is 0. The van der Waals surface area contributed by atoms with Gasteiger partial charge in [0.05, 0.1) is 12.2 Å². The third kappa shape index (κ3) is 4.10. The highest BCUT2D eigenvalue weighted by Gasteiger charge is 2.09. The molecule has 1 aromatic heterocycles. The van der Waals surface area contributed by atoms with Crippen molar-refractivity contribution in [1.82, 2.24) is 14.8 Å². The quantitative estimate of drug-likeness (QED) is 0.403. The van der Waals surface area contributed by atoms with Gasteiger partial charge in [-0.15, -0.1) is 10.2 Å². The zero-order chi connectivity index (χ0) is 15.8. The summed E-state index contributed by atoms with van der Waals surface area (Å²) in [5.74, 6) is 2.58. The van der Waals surface area contributed by atoms with Crippen molar-refractivity contribution >= 4 is 18.0 Å². The van der Waals surface area contributed by atoms with Gasteiger partial charge in [-0.05, 0) is 25.5 Å². The fourth-order valence-electron chi connectivity index (χ4n) is 2.12. The molecule has 0 unspecified atom stereocenters. The van der Waals surface area contributed by atoms with Crippen molar-refractivity contribution in [2.24, 2.45) is 0 Å². The second-order valence-electron chi connectivity index (χ2n) is 4.70. The van der Waals surface area contributed by atoms with Crippen molar-refractivity contribution in [3.63, 3.8) is 0 Å². The molecular weight excluding hydrogens is 298 g/mol.